The Kier molecular flexibility index (Phi) is 5.25. The van der Waals surface area contributed by atoms with Crippen LogP contribution in [0.15, 0.2) is 48.5 Å². The second-order valence-corrected chi connectivity index (χ2v) is 10.2. The van der Waals surface area contributed by atoms with Gasteiger partial charge in [-0.05, 0) is 48.2 Å². The molecule has 0 aromatic heterocycles. The van der Waals surface area contributed by atoms with E-state index in [2.05, 4.69) is 4.90 Å². The number of hydrogen-bond donors (Lipinski definition) is 0. The number of benzene rings is 2. The molecule has 2 aliphatic rings. The highest BCUT2D eigenvalue weighted by Gasteiger charge is 2.46. The minimum absolute atomic E-state index is 0.0506. The first kappa shape index (κ1) is 19.2. The lowest BCUT2D eigenvalue weighted by atomic mass is 9.93. The highest BCUT2D eigenvalue weighted by Crippen LogP contribution is 2.38. The quantitative estimate of drug-likeness (QED) is 0.697. The molecule has 1 aliphatic heterocycles. The summed E-state index contributed by atoms with van der Waals surface area (Å²) in [6, 6.07) is 16.0. The van der Waals surface area contributed by atoms with Gasteiger partial charge in [0.1, 0.15) is 0 Å². The fourth-order valence-corrected chi connectivity index (χ4v) is 5.61. The topological polar surface area (TPSA) is 40.6 Å². The van der Waals surface area contributed by atoms with Gasteiger partial charge in [0.25, 0.3) is 0 Å². The van der Waals surface area contributed by atoms with Gasteiger partial charge in [-0.25, -0.2) is 8.42 Å². The fourth-order valence-electron chi connectivity index (χ4n) is 3.93. The largest absolute Gasteiger partial charge is 0.289 e. The summed E-state index contributed by atoms with van der Waals surface area (Å²) < 4.78 is 26.2. The third kappa shape index (κ3) is 4.17. The average Bonchev–Trinajstić information content (AvgIpc) is 3.39. The molecule has 1 saturated heterocycles. The summed E-state index contributed by atoms with van der Waals surface area (Å²) in [6.07, 6.45) is 3.27. The minimum atomic E-state index is -3.18. The predicted octanol–water partition coefficient (Wildman–Crippen LogP) is 4.19. The van der Waals surface area contributed by atoms with Crippen LogP contribution < -0.4 is 0 Å². The van der Waals surface area contributed by atoms with Crippen molar-refractivity contribution in [1.82, 2.24) is 9.21 Å². The number of rotatable bonds is 6. The van der Waals surface area contributed by atoms with Crippen LogP contribution in [-0.2, 0) is 10.0 Å². The van der Waals surface area contributed by atoms with Crippen molar-refractivity contribution < 1.29 is 8.42 Å². The number of likely N-dealkylation sites (tertiary alicyclic amines) is 1. The summed E-state index contributed by atoms with van der Waals surface area (Å²) in [7, 11) is -3.18. The first-order valence-corrected chi connectivity index (χ1v) is 11.7. The van der Waals surface area contributed by atoms with Crippen LogP contribution >= 0.6 is 23.2 Å². The van der Waals surface area contributed by atoms with Gasteiger partial charge in [-0.2, -0.15) is 4.31 Å². The van der Waals surface area contributed by atoms with E-state index in [0.717, 1.165) is 37.1 Å². The molecule has 0 bridgehead atoms. The van der Waals surface area contributed by atoms with Gasteiger partial charge >= 0.3 is 0 Å². The maximum atomic E-state index is 12.2. The van der Waals surface area contributed by atoms with E-state index in [1.165, 1.54) is 6.26 Å². The third-order valence-corrected chi connectivity index (χ3v) is 7.14. The van der Waals surface area contributed by atoms with Crippen LogP contribution in [0.2, 0.25) is 10.0 Å². The predicted molar refractivity (Wildman–Crippen MR) is 110 cm³/mol. The number of halogens is 2. The number of hydrogen-bond acceptors (Lipinski definition) is 3. The molecule has 7 heteroatoms. The zero-order valence-corrected chi connectivity index (χ0v) is 17.4. The van der Waals surface area contributed by atoms with Crippen molar-refractivity contribution in [2.75, 3.05) is 19.3 Å². The maximum Gasteiger partial charge on any atom is 0.211 e. The highest BCUT2D eigenvalue weighted by molar-refractivity contribution is 7.88. The molecule has 2 aromatic carbocycles. The molecule has 4 nitrogen and oxygen atoms in total. The highest BCUT2D eigenvalue weighted by atomic mass is 35.5. The van der Waals surface area contributed by atoms with E-state index < -0.39 is 10.0 Å². The summed E-state index contributed by atoms with van der Waals surface area (Å²) in [5, 5.41) is 1.40. The first-order valence-electron chi connectivity index (χ1n) is 9.06. The molecule has 144 valence electrons. The zero-order valence-electron chi connectivity index (χ0n) is 15.1. The molecular weight excluding hydrogens is 403 g/mol. The van der Waals surface area contributed by atoms with Gasteiger partial charge in [-0.1, -0.05) is 47.5 Å². The van der Waals surface area contributed by atoms with Crippen LogP contribution in [-0.4, -0.2) is 49.1 Å². The standard InChI is InChI=1S/C20H22Cl2N2O2S/c1-27(25,26)24(18-10-11-18)19-12-23(13-19)20(14-2-6-16(21)7-3-14)15-4-8-17(22)9-5-15/h2-9,18-20H,10-13H2,1H3. The van der Waals surface area contributed by atoms with E-state index in [-0.39, 0.29) is 18.1 Å². The van der Waals surface area contributed by atoms with Gasteiger partial charge in [-0.15, -0.1) is 0 Å². The minimum Gasteiger partial charge on any atom is -0.289 e. The van der Waals surface area contributed by atoms with Gasteiger partial charge in [0, 0.05) is 29.2 Å². The summed E-state index contributed by atoms with van der Waals surface area (Å²) in [5.41, 5.74) is 2.27. The van der Waals surface area contributed by atoms with Crippen molar-refractivity contribution in [2.24, 2.45) is 0 Å². The molecule has 0 radical (unpaired) electrons. The molecule has 0 N–H and O–H groups in total. The normalized spacial score (nSPS) is 18.9. The molecule has 0 atom stereocenters. The zero-order chi connectivity index (χ0) is 19.2. The summed E-state index contributed by atoms with van der Waals surface area (Å²) in [5.74, 6) is 0. The van der Waals surface area contributed by atoms with Gasteiger partial charge in [0.15, 0.2) is 0 Å². The van der Waals surface area contributed by atoms with Gasteiger partial charge in [-0.3, -0.25) is 4.90 Å². The fraction of sp³-hybridized carbons (Fsp3) is 0.400. The van der Waals surface area contributed by atoms with Crippen molar-refractivity contribution in [2.45, 2.75) is 31.0 Å². The molecule has 4 rings (SSSR count). The second-order valence-electron chi connectivity index (χ2n) is 7.44. The van der Waals surface area contributed by atoms with Crippen LogP contribution in [0.5, 0.6) is 0 Å². The van der Waals surface area contributed by atoms with E-state index >= 15 is 0 Å². The molecular formula is C20H22Cl2N2O2S. The van der Waals surface area contributed by atoms with Crippen molar-refractivity contribution in [1.29, 1.82) is 0 Å². The molecule has 27 heavy (non-hydrogen) atoms. The van der Waals surface area contributed by atoms with Crippen LogP contribution in [0, 0.1) is 0 Å². The number of nitrogens with zero attached hydrogens (tertiary/aromatic N) is 2. The van der Waals surface area contributed by atoms with Crippen LogP contribution in [0.3, 0.4) is 0 Å². The van der Waals surface area contributed by atoms with E-state index in [1.807, 2.05) is 48.5 Å². The Labute approximate surface area is 170 Å². The monoisotopic (exact) mass is 424 g/mol. The second kappa shape index (κ2) is 7.37. The molecule has 1 saturated carbocycles. The van der Waals surface area contributed by atoms with E-state index in [9.17, 15) is 8.42 Å². The van der Waals surface area contributed by atoms with Crippen molar-refractivity contribution in [3.63, 3.8) is 0 Å². The summed E-state index contributed by atoms with van der Waals surface area (Å²) in [4.78, 5) is 2.32. The Balaban J connectivity index is 1.59. The molecule has 0 unspecified atom stereocenters. The SMILES string of the molecule is CS(=O)(=O)N(C1CC1)C1CN(C(c2ccc(Cl)cc2)c2ccc(Cl)cc2)C1. The van der Waals surface area contributed by atoms with Crippen molar-refractivity contribution in [3.8, 4) is 0 Å². The molecule has 1 aliphatic carbocycles. The Morgan fingerprint density at radius 3 is 1.70 bits per heavy atom. The Bertz CT molecular complexity index is 861. The molecule has 2 aromatic rings. The Morgan fingerprint density at radius 1 is 0.889 bits per heavy atom. The van der Waals surface area contributed by atoms with Gasteiger partial charge in [0.2, 0.25) is 10.0 Å². The van der Waals surface area contributed by atoms with Crippen molar-refractivity contribution >= 4 is 33.2 Å². The van der Waals surface area contributed by atoms with Gasteiger partial charge in [0.05, 0.1) is 18.3 Å². The van der Waals surface area contributed by atoms with E-state index in [1.54, 1.807) is 4.31 Å². The maximum absolute atomic E-state index is 12.2. The number of sulfonamides is 1. The van der Waals surface area contributed by atoms with E-state index in [0.29, 0.717) is 10.0 Å². The van der Waals surface area contributed by atoms with Crippen molar-refractivity contribution in [3.05, 3.63) is 69.7 Å². The van der Waals surface area contributed by atoms with Crippen LogP contribution in [0.4, 0.5) is 0 Å². The lowest BCUT2D eigenvalue weighted by molar-refractivity contribution is 0.0506. The smallest absolute Gasteiger partial charge is 0.211 e. The van der Waals surface area contributed by atoms with Crippen LogP contribution in [0.1, 0.15) is 30.0 Å². The molecule has 1 heterocycles. The Morgan fingerprint density at radius 2 is 1.33 bits per heavy atom. The van der Waals surface area contributed by atoms with Crippen LogP contribution in [0.25, 0.3) is 0 Å². The summed E-state index contributed by atoms with van der Waals surface area (Å²) >= 11 is 12.1. The van der Waals surface area contributed by atoms with E-state index in [4.69, 9.17) is 23.2 Å². The lowest BCUT2D eigenvalue weighted by Crippen LogP contribution is -2.61. The molecule has 0 spiro atoms. The third-order valence-electron chi connectivity index (χ3n) is 5.28. The van der Waals surface area contributed by atoms with Gasteiger partial charge < -0.3 is 0 Å². The molecule has 2 fully saturated rings. The molecule has 0 amide bonds. The average molecular weight is 425 g/mol. The Hall–Kier alpha value is -1.11. The lowest BCUT2D eigenvalue weighted by Gasteiger charge is -2.48. The first-order chi connectivity index (χ1) is 12.8. The summed E-state index contributed by atoms with van der Waals surface area (Å²) in [6.45, 7) is 1.44.